The average Bonchev–Trinajstić information content (AvgIpc) is 2.53. The molecule has 0 spiro atoms. The van der Waals surface area contributed by atoms with E-state index in [0.717, 1.165) is 24.2 Å². The van der Waals surface area contributed by atoms with Gasteiger partial charge >= 0.3 is 6.18 Å². The largest absolute Gasteiger partial charge is 0.416 e. The molecule has 0 heterocycles. The molecule has 1 aromatic rings. The summed E-state index contributed by atoms with van der Waals surface area (Å²) in [6, 6.07) is 6.01. The third-order valence-corrected chi connectivity index (χ3v) is 5.49. The molecule has 0 aliphatic heterocycles. The minimum absolute atomic E-state index is 0.236. The summed E-state index contributed by atoms with van der Waals surface area (Å²) in [5.74, 6) is 0.659. The second-order valence-electron chi connectivity index (χ2n) is 7.88. The first-order valence-electron chi connectivity index (χ1n) is 8.94. The number of alkyl halides is 3. The maximum absolute atomic E-state index is 12.5. The Balaban J connectivity index is 1.65. The van der Waals surface area contributed by atoms with Crippen LogP contribution in [0, 0.1) is 5.92 Å². The molecule has 1 aromatic carbocycles. The quantitative estimate of drug-likeness (QED) is 0.653. The van der Waals surface area contributed by atoms with Crippen LogP contribution in [0.1, 0.15) is 57.6 Å². The molecule has 2 N–H and O–H groups in total. The molecular weight excluding hydrogens is 345 g/mol. The highest BCUT2D eigenvalue weighted by atomic mass is 32.2. The van der Waals surface area contributed by atoms with Crippen LogP contribution >= 0.6 is 11.9 Å². The van der Waals surface area contributed by atoms with Crippen LogP contribution in [0.4, 0.5) is 13.2 Å². The number of halogens is 3. The van der Waals surface area contributed by atoms with Crippen molar-refractivity contribution in [3.63, 3.8) is 0 Å². The first kappa shape index (κ1) is 20.6. The SMILES string of the molecule is CC(C)(C)SNC1CCC(CNCc2ccc(C(F)(F)F)cc2)CC1. The Labute approximate surface area is 153 Å². The fourth-order valence-corrected chi connectivity index (χ4v) is 3.73. The lowest BCUT2D eigenvalue weighted by Gasteiger charge is -2.31. The molecule has 6 heteroatoms. The van der Waals surface area contributed by atoms with Crippen molar-refractivity contribution in [2.75, 3.05) is 6.54 Å². The van der Waals surface area contributed by atoms with Crippen molar-refractivity contribution in [2.24, 2.45) is 5.92 Å². The van der Waals surface area contributed by atoms with E-state index in [4.69, 9.17) is 0 Å². The minimum Gasteiger partial charge on any atom is -0.312 e. The van der Waals surface area contributed by atoms with Crippen LogP contribution in [-0.2, 0) is 12.7 Å². The van der Waals surface area contributed by atoms with E-state index in [1.54, 1.807) is 12.1 Å². The average molecular weight is 375 g/mol. The second-order valence-corrected chi connectivity index (χ2v) is 9.54. The normalized spacial score (nSPS) is 22.2. The summed E-state index contributed by atoms with van der Waals surface area (Å²) in [4.78, 5) is 0. The Morgan fingerprint density at radius 1 is 1.00 bits per heavy atom. The lowest BCUT2D eigenvalue weighted by Crippen LogP contribution is -2.34. The summed E-state index contributed by atoms with van der Waals surface area (Å²) >= 11 is 1.81. The molecule has 0 aromatic heterocycles. The van der Waals surface area contributed by atoms with Crippen molar-refractivity contribution in [1.82, 2.24) is 10.0 Å². The molecule has 142 valence electrons. The summed E-state index contributed by atoms with van der Waals surface area (Å²) in [7, 11) is 0. The van der Waals surface area contributed by atoms with Gasteiger partial charge in [-0.3, -0.25) is 4.72 Å². The zero-order valence-electron chi connectivity index (χ0n) is 15.2. The topological polar surface area (TPSA) is 24.1 Å². The molecular formula is C19H29F3N2S. The van der Waals surface area contributed by atoms with Crippen molar-refractivity contribution < 1.29 is 13.2 Å². The highest BCUT2D eigenvalue weighted by Crippen LogP contribution is 2.29. The second kappa shape index (κ2) is 8.78. The number of hydrogen-bond donors (Lipinski definition) is 2. The van der Waals surface area contributed by atoms with Gasteiger partial charge < -0.3 is 5.32 Å². The van der Waals surface area contributed by atoms with E-state index in [0.29, 0.717) is 18.5 Å². The smallest absolute Gasteiger partial charge is 0.312 e. The van der Waals surface area contributed by atoms with Crippen molar-refractivity contribution in [2.45, 2.75) is 70.0 Å². The Bertz CT molecular complexity index is 515. The molecule has 0 saturated heterocycles. The Morgan fingerprint density at radius 2 is 1.60 bits per heavy atom. The van der Waals surface area contributed by atoms with E-state index in [1.807, 2.05) is 11.9 Å². The standard InChI is InChI=1S/C19H29F3N2S/c1-18(2,3)25-24-17-10-6-15(7-11-17)13-23-12-14-4-8-16(9-5-14)19(20,21)22/h4-5,8-9,15,17,23-24H,6-7,10-13H2,1-3H3. The van der Waals surface area contributed by atoms with Gasteiger partial charge in [-0.05, 0) is 76.6 Å². The van der Waals surface area contributed by atoms with Crippen LogP contribution in [-0.4, -0.2) is 17.3 Å². The molecule has 2 rings (SSSR count). The molecule has 0 atom stereocenters. The number of rotatable bonds is 6. The van der Waals surface area contributed by atoms with Gasteiger partial charge in [-0.2, -0.15) is 13.2 Å². The fraction of sp³-hybridized carbons (Fsp3) is 0.684. The fourth-order valence-electron chi connectivity index (χ4n) is 2.98. The van der Waals surface area contributed by atoms with Gasteiger partial charge in [0, 0.05) is 17.3 Å². The highest BCUT2D eigenvalue weighted by molar-refractivity contribution is 7.98. The predicted octanol–water partition coefficient (Wildman–Crippen LogP) is 5.39. The van der Waals surface area contributed by atoms with Crippen molar-refractivity contribution >= 4 is 11.9 Å². The molecule has 1 aliphatic carbocycles. The lowest BCUT2D eigenvalue weighted by molar-refractivity contribution is -0.137. The van der Waals surface area contributed by atoms with Gasteiger partial charge in [-0.15, -0.1) is 0 Å². The van der Waals surface area contributed by atoms with Gasteiger partial charge in [0.25, 0.3) is 0 Å². The lowest BCUT2D eigenvalue weighted by atomic mass is 9.86. The first-order valence-corrected chi connectivity index (χ1v) is 9.75. The summed E-state index contributed by atoms with van der Waals surface area (Å²) in [6.07, 6.45) is 0.514. The number of nitrogens with one attached hydrogen (secondary N) is 2. The minimum atomic E-state index is -4.26. The molecule has 1 saturated carbocycles. The third-order valence-electron chi connectivity index (χ3n) is 4.42. The van der Waals surface area contributed by atoms with Crippen LogP contribution in [0.25, 0.3) is 0 Å². The van der Waals surface area contributed by atoms with Crippen LogP contribution < -0.4 is 10.0 Å². The van der Waals surface area contributed by atoms with Gasteiger partial charge in [-0.1, -0.05) is 24.1 Å². The molecule has 0 amide bonds. The summed E-state index contributed by atoms with van der Waals surface area (Å²) < 4.78 is 41.5. The first-order chi connectivity index (χ1) is 11.6. The van der Waals surface area contributed by atoms with Crippen molar-refractivity contribution in [3.8, 4) is 0 Å². The number of benzene rings is 1. The van der Waals surface area contributed by atoms with E-state index in [9.17, 15) is 13.2 Å². The molecule has 2 nitrogen and oxygen atoms in total. The Kier molecular flexibility index (Phi) is 7.23. The van der Waals surface area contributed by atoms with E-state index < -0.39 is 11.7 Å². The van der Waals surface area contributed by atoms with Crippen molar-refractivity contribution in [1.29, 1.82) is 0 Å². The zero-order valence-corrected chi connectivity index (χ0v) is 16.1. The van der Waals surface area contributed by atoms with Crippen molar-refractivity contribution in [3.05, 3.63) is 35.4 Å². The van der Waals surface area contributed by atoms with Gasteiger partial charge in [0.05, 0.1) is 5.56 Å². The summed E-state index contributed by atoms with van der Waals surface area (Å²) in [5, 5.41) is 3.39. The molecule has 0 radical (unpaired) electrons. The molecule has 1 fully saturated rings. The van der Waals surface area contributed by atoms with E-state index in [1.165, 1.54) is 25.7 Å². The van der Waals surface area contributed by atoms with E-state index in [2.05, 4.69) is 30.8 Å². The molecule has 0 bridgehead atoms. The van der Waals surface area contributed by atoms with E-state index in [-0.39, 0.29) is 4.75 Å². The highest BCUT2D eigenvalue weighted by Gasteiger charge is 2.29. The monoisotopic (exact) mass is 374 g/mol. The van der Waals surface area contributed by atoms with Crippen LogP contribution in [0.2, 0.25) is 0 Å². The molecule has 25 heavy (non-hydrogen) atoms. The maximum atomic E-state index is 12.5. The van der Waals surface area contributed by atoms with E-state index >= 15 is 0 Å². The van der Waals surface area contributed by atoms with Gasteiger partial charge in [0.1, 0.15) is 0 Å². The Morgan fingerprint density at radius 3 is 2.12 bits per heavy atom. The Hall–Kier alpha value is -0.720. The van der Waals surface area contributed by atoms with Gasteiger partial charge in [-0.25, -0.2) is 0 Å². The van der Waals surface area contributed by atoms with Crippen LogP contribution in [0.5, 0.6) is 0 Å². The maximum Gasteiger partial charge on any atom is 0.416 e. The van der Waals surface area contributed by atoms with Crippen LogP contribution in [0.15, 0.2) is 24.3 Å². The summed E-state index contributed by atoms with van der Waals surface area (Å²) in [5.41, 5.74) is 0.306. The van der Waals surface area contributed by atoms with Gasteiger partial charge in [0.2, 0.25) is 0 Å². The van der Waals surface area contributed by atoms with Crippen LogP contribution in [0.3, 0.4) is 0 Å². The summed E-state index contributed by atoms with van der Waals surface area (Å²) in [6.45, 7) is 8.18. The third kappa shape index (κ3) is 7.59. The number of hydrogen-bond acceptors (Lipinski definition) is 3. The predicted molar refractivity (Wildman–Crippen MR) is 99.4 cm³/mol. The molecule has 0 unspecified atom stereocenters. The molecule has 1 aliphatic rings. The zero-order chi connectivity index (χ0) is 18.5. The van der Waals surface area contributed by atoms with Gasteiger partial charge in [0.15, 0.2) is 0 Å².